The van der Waals surface area contributed by atoms with E-state index in [-0.39, 0.29) is 5.69 Å². The van der Waals surface area contributed by atoms with Gasteiger partial charge in [0.05, 0.1) is 5.02 Å². The Morgan fingerprint density at radius 3 is 2.77 bits per heavy atom. The van der Waals surface area contributed by atoms with Gasteiger partial charge in [-0.3, -0.25) is 0 Å². The lowest BCUT2D eigenvalue weighted by atomic mass is 9.98. The number of rotatable bonds is 2. The molecule has 108 valence electrons. The number of hydrogen-bond acceptors (Lipinski definition) is 3. The van der Waals surface area contributed by atoms with Crippen LogP contribution in [0.25, 0.3) is 28.2 Å². The zero-order valence-corrected chi connectivity index (χ0v) is 12.4. The number of aryl methyl sites for hydroxylation is 1. The highest BCUT2D eigenvalue weighted by molar-refractivity contribution is 6.33. The molecule has 1 aliphatic carbocycles. The predicted octanol–water partition coefficient (Wildman–Crippen LogP) is 6.11. The van der Waals surface area contributed by atoms with Crippen molar-refractivity contribution in [1.82, 2.24) is 0 Å². The molecule has 22 heavy (non-hydrogen) atoms. The largest absolute Gasteiger partial charge is 0.460 e. The van der Waals surface area contributed by atoms with Gasteiger partial charge in [-0.2, -0.15) is 0 Å². The van der Waals surface area contributed by atoms with E-state index in [1.807, 2.05) is 30.3 Å². The lowest BCUT2D eigenvalue weighted by Crippen LogP contribution is -1.87. The summed E-state index contributed by atoms with van der Waals surface area (Å²) in [5.41, 5.74) is 3.71. The molecule has 1 aliphatic rings. The second-order valence-corrected chi connectivity index (χ2v) is 5.70. The van der Waals surface area contributed by atoms with Gasteiger partial charge in [0.25, 0.3) is 0 Å². The molecule has 3 nitrogen and oxygen atoms in total. The van der Waals surface area contributed by atoms with Gasteiger partial charge in [-0.15, -0.1) is 4.91 Å². The lowest BCUT2D eigenvalue weighted by Gasteiger charge is -2.06. The van der Waals surface area contributed by atoms with Crippen LogP contribution >= 0.6 is 11.6 Å². The standard InChI is InChI=1S/C18H12ClNO2/c19-15-9-4-6-12(17(15)20-21)14-8-3-7-13-11-5-1-2-10-16(11)22-18(13)14/h1,3-9H,2,10H2. The van der Waals surface area contributed by atoms with E-state index in [9.17, 15) is 4.91 Å². The molecule has 0 radical (unpaired) electrons. The normalized spacial score (nSPS) is 13.3. The molecule has 1 aromatic heterocycles. The summed E-state index contributed by atoms with van der Waals surface area (Å²) in [5.74, 6) is 0.993. The molecular weight excluding hydrogens is 298 g/mol. The van der Waals surface area contributed by atoms with Crippen LogP contribution in [0.1, 0.15) is 17.7 Å². The van der Waals surface area contributed by atoms with Crippen molar-refractivity contribution in [2.45, 2.75) is 12.8 Å². The van der Waals surface area contributed by atoms with Crippen LogP contribution in [0.3, 0.4) is 0 Å². The van der Waals surface area contributed by atoms with E-state index >= 15 is 0 Å². The SMILES string of the molecule is O=Nc1c(Cl)cccc1-c1cccc2c3c(oc12)CCC=C3. The summed E-state index contributed by atoms with van der Waals surface area (Å²) in [7, 11) is 0. The minimum Gasteiger partial charge on any atom is -0.460 e. The molecule has 0 bridgehead atoms. The Morgan fingerprint density at radius 1 is 1.09 bits per heavy atom. The number of halogens is 1. The molecule has 4 heteroatoms. The number of allylic oxidation sites excluding steroid dienone is 1. The monoisotopic (exact) mass is 309 g/mol. The second-order valence-electron chi connectivity index (χ2n) is 5.29. The van der Waals surface area contributed by atoms with E-state index in [1.54, 1.807) is 6.07 Å². The fourth-order valence-corrected chi connectivity index (χ4v) is 3.22. The maximum absolute atomic E-state index is 11.2. The lowest BCUT2D eigenvalue weighted by molar-refractivity contribution is 0.547. The van der Waals surface area contributed by atoms with Gasteiger partial charge in [0.1, 0.15) is 17.0 Å². The van der Waals surface area contributed by atoms with Crippen LogP contribution in [-0.2, 0) is 6.42 Å². The molecule has 0 fully saturated rings. The van der Waals surface area contributed by atoms with E-state index < -0.39 is 0 Å². The topological polar surface area (TPSA) is 42.6 Å². The van der Waals surface area contributed by atoms with E-state index in [0.29, 0.717) is 10.6 Å². The quantitative estimate of drug-likeness (QED) is 0.536. The molecule has 0 amide bonds. The molecule has 4 rings (SSSR count). The Kier molecular flexibility index (Phi) is 3.09. The first-order chi connectivity index (χ1) is 10.8. The Hall–Kier alpha value is -2.39. The summed E-state index contributed by atoms with van der Waals surface area (Å²) in [5, 5.41) is 4.50. The number of nitroso groups, excluding NO2 is 1. The van der Waals surface area contributed by atoms with Crippen molar-refractivity contribution in [2.24, 2.45) is 5.18 Å². The van der Waals surface area contributed by atoms with Crippen LogP contribution in [0.2, 0.25) is 5.02 Å². The van der Waals surface area contributed by atoms with Crippen LogP contribution in [0.15, 0.2) is 52.1 Å². The maximum atomic E-state index is 11.2. The van der Waals surface area contributed by atoms with Crippen molar-refractivity contribution in [3.05, 3.63) is 63.7 Å². The Bertz CT molecular complexity index is 924. The van der Waals surface area contributed by atoms with Crippen molar-refractivity contribution in [3.63, 3.8) is 0 Å². The van der Waals surface area contributed by atoms with E-state index in [4.69, 9.17) is 16.0 Å². The van der Waals surface area contributed by atoms with Crippen molar-refractivity contribution in [3.8, 4) is 11.1 Å². The van der Waals surface area contributed by atoms with Gasteiger partial charge in [0, 0.05) is 28.5 Å². The van der Waals surface area contributed by atoms with Gasteiger partial charge in [-0.1, -0.05) is 54.1 Å². The Labute approximate surface area is 132 Å². The van der Waals surface area contributed by atoms with E-state index in [1.165, 1.54) is 0 Å². The molecule has 3 aromatic rings. The molecule has 0 spiro atoms. The van der Waals surface area contributed by atoms with Crippen LogP contribution in [0.4, 0.5) is 5.69 Å². The minimum atomic E-state index is 0.251. The average Bonchev–Trinajstić information content (AvgIpc) is 2.93. The number of nitrogens with zero attached hydrogens (tertiary/aromatic N) is 1. The first kappa shape index (κ1) is 13.3. The van der Waals surface area contributed by atoms with Crippen LogP contribution in [0, 0.1) is 4.91 Å². The van der Waals surface area contributed by atoms with E-state index in [2.05, 4.69) is 17.3 Å². The van der Waals surface area contributed by atoms with Gasteiger partial charge >= 0.3 is 0 Å². The van der Waals surface area contributed by atoms with Gasteiger partial charge in [-0.25, -0.2) is 0 Å². The third-order valence-corrected chi connectivity index (χ3v) is 4.33. The number of para-hydroxylation sites is 1. The van der Waals surface area contributed by atoms with Crippen LogP contribution in [-0.4, -0.2) is 0 Å². The zero-order chi connectivity index (χ0) is 15.1. The van der Waals surface area contributed by atoms with Gasteiger partial charge in [0.15, 0.2) is 0 Å². The highest BCUT2D eigenvalue weighted by Gasteiger charge is 2.19. The Morgan fingerprint density at radius 2 is 1.91 bits per heavy atom. The number of benzene rings is 2. The molecule has 0 unspecified atom stereocenters. The van der Waals surface area contributed by atoms with Gasteiger partial charge in [-0.05, 0) is 17.7 Å². The van der Waals surface area contributed by atoms with Gasteiger partial charge in [0.2, 0.25) is 0 Å². The highest BCUT2D eigenvalue weighted by atomic mass is 35.5. The maximum Gasteiger partial charge on any atom is 0.142 e. The highest BCUT2D eigenvalue weighted by Crippen LogP contribution is 2.42. The molecule has 0 N–H and O–H groups in total. The first-order valence-corrected chi connectivity index (χ1v) is 7.50. The average molecular weight is 310 g/mol. The zero-order valence-electron chi connectivity index (χ0n) is 11.7. The third-order valence-electron chi connectivity index (χ3n) is 4.02. The predicted molar refractivity (Wildman–Crippen MR) is 89.5 cm³/mol. The fraction of sp³-hybridized carbons (Fsp3) is 0.111. The van der Waals surface area contributed by atoms with Crippen molar-refractivity contribution in [2.75, 3.05) is 0 Å². The summed E-state index contributed by atoms with van der Waals surface area (Å²) in [6.07, 6.45) is 6.14. The molecule has 0 saturated heterocycles. The second kappa shape index (κ2) is 5.11. The van der Waals surface area contributed by atoms with Gasteiger partial charge < -0.3 is 4.42 Å². The van der Waals surface area contributed by atoms with Crippen molar-refractivity contribution >= 4 is 34.3 Å². The smallest absolute Gasteiger partial charge is 0.142 e. The number of fused-ring (bicyclic) bond motifs is 3. The molecular formula is C18H12ClNO2. The Balaban J connectivity index is 2.05. The molecule has 2 aromatic carbocycles. The molecule has 1 heterocycles. The van der Waals surface area contributed by atoms with Crippen LogP contribution < -0.4 is 0 Å². The number of hydrogen-bond donors (Lipinski definition) is 0. The van der Waals surface area contributed by atoms with Crippen molar-refractivity contribution < 1.29 is 4.42 Å². The van der Waals surface area contributed by atoms with Crippen LogP contribution in [0.5, 0.6) is 0 Å². The summed E-state index contributed by atoms with van der Waals surface area (Å²) in [6, 6.07) is 11.3. The van der Waals surface area contributed by atoms with E-state index in [0.717, 1.165) is 40.7 Å². The summed E-state index contributed by atoms with van der Waals surface area (Å²) >= 11 is 6.10. The number of furan rings is 1. The van der Waals surface area contributed by atoms with Crippen molar-refractivity contribution in [1.29, 1.82) is 0 Å². The summed E-state index contributed by atoms with van der Waals surface area (Å²) in [6.45, 7) is 0. The molecule has 0 saturated carbocycles. The fourth-order valence-electron chi connectivity index (χ4n) is 3.01. The molecule has 0 atom stereocenters. The third kappa shape index (κ3) is 1.90. The molecule has 0 aliphatic heterocycles. The minimum absolute atomic E-state index is 0.251. The summed E-state index contributed by atoms with van der Waals surface area (Å²) in [4.78, 5) is 11.2. The summed E-state index contributed by atoms with van der Waals surface area (Å²) < 4.78 is 6.08. The first-order valence-electron chi connectivity index (χ1n) is 7.13.